The Morgan fingerprint density at radius 3 is 2.25 bits per heavy atom. The van der Waals surface area contributed by atoms with Gasteiger partial charge in [-0.05, 0) is 38.0 Å². The van der Waals surface area contributed by atoms with Crippen LogP contribution in [0.4, 0.5) is 0 Å². The maximum atomic E-state index is 12.1. The van der Waals surface area contributed by atoms with E-state index in [-0.39, 0.29) is 25.4 Å². The molecule has 1 aromatic rings. The first-order valence-electron chi connectivity index (χ1n) is 7.85. The van der Waals surface area contributed by atoms with Gasteiger partial charge >= 0.3 is 0 Å². The molecule has 24 heavy (non-hydrogen) atoms. The molecule has 0 bridgehead atoms. The predicted molar refractivity (Wildman–Crippen MR) is 99.1 cm³/mol. The zero-order valence-corrected chi connectivity index (χ0v) is 16.6. The summed E-state index contributed by atoms with van der Waals surface area (Å²) < 4.78 is 25.2. The zero-order chi connectivity index (χ0) is 18.3. The summed E-state index contributed by atoms with van der Waals surface area (Å²) >= 11 is 12.0. The van der Waals surface area contributed by atoms with E-state index in [9.17, 15) is 13.2 Å². The highest BCUT2D eigenvalue weighted by Gasteiger charge is 2.19. The Hall–Kier alpha value is -0.820. The first-order chi connectivity index (χ1) is 11.2. The Labute approximate surface area is 154 Å². The summed E-state index contributed by atoms with van der Waals surface area (Å²) in [6.07, 6.45) is 1.78. The molecular weight excluding hydrogens is 371 g/mol. The minimum Gasteiger partial charge on any atom is -0.343 e. The summed E-state index contributed by atoms with van der Waals surface area (Å²) in [4.78, 5) is 13.8. The van der Waals surface area contributed by atoms with E-state index < -0.39 is 10.0 Å². The Morgan fingerprint density at radius 1 is 1.12 bits per heavy atom. The lowest BCUT2D eigenvalue weighted by Crippen LogP contribution is -2.37. The van der Waals surface area contributed by atoms with Crippen molar-refractivity contribution >= 4 is 39.1 Å². The molecule has 0 N–H and O–H groups in total. The van der Waals surface area contributed by atoms with Crippen molar-refractivity contribution in [1.29, 1.82) is 0 Å². The van der Waals surface area contributed by atoms with Crippen molar-refractivity contribution < 1.29 is 13.2 Å². The maximum Gasteiger partial charge on any atom is 0.223 e. The van der Waals surface area contributed by atoms with Crippen LogP contribution < -0.4 is 0 Å². The first-order valence-corrected chi connectivity index (χ1v) is 10.5. The highest BCUT2D eigenvalue weighted by Crippen LogP contribution is 2.21. The summed E-state index contributed by atoms with van der Waals surface area (Å²) in [5.41, 5.74) is 0.824. The van der Waals surface area contributed by atoms with Crippen LogP contribution in [-0.2, 0) is 21.2 Å². The average Bonchev–Trinajstić information content (AvgIpc) is 2.48. The van der Waals surface area contributed by atoms with Gasteiger partial charge < -0.3 is 4.90 Å². The molecule has 0 heterocycles. The van der Waals surface area contributed by atoms with Crippen LogP contribution in [0, 0.1) is 0 Å². The standard InChI is InChI=1S/C16H24Cl2N2O3S/c1-4-19(5-2)16(21)9-11-20(24(3,22)23)10-8-13-6-7-14(17)12-15(13)18/h6-7,12H,4-5,8-11H2,1-3H3. The van der Waals surface area contributed by atoms with E-state index in [1.54, 1.807) is 23.1 Å². The van der Waals surface area contributed by atoms with Crippen LogP contribution in [0.2, 0.25) is 10.0 Å². The fourth-order valence-corrected chi connectivity index (χ4v) is 3.72. The highest BCUT2D eigenvalue weighted by atomic mass is 35.5. The SMILES string of the molecule is CCN(CC)C(=O)CCN(CCc1ccc(Cl)cc1Cl)S(C)(=O)=O. The Kier molecular flexibility index (Phi) is 8.50. The van der Waals surface area contributed by atoms with Crippen LogP contribution >= 0.6 is 23.2 Å². The van der Waals surface area contributed by atoms with Gasteiger partial charge in [-0.2, -0.15) is 0 Å². The van der Waals surface area contributed by atoms with Crippen molar-refractivity contribution in [3.05, 3.63) is 33.8 Å². The number of carbonyl (C=O) groups excluding carboxylic acids is 1. The summed E-state index contributed by atoms with van der Waals surface area (Å²) in [6.45, 7) is 5.48. The molecule has 0 spiro atoms. The van der Waals surface area contributed by atoms with Crippen LogP contribution in [0.1, 0.15) is 25.8 Å². The van der Waals surface area contributed by atoms with Crippen LogP contribution in [0.3, 0.4) is 0 Å². The van der Waals surface area contributed by atoms with Crippen molar-refractivity contribution in [3.8, 4) is 0 Å². The second-order valence-electron chi connectivity index (χ2n) is 5.46. The van der Waals surface area contributed by atoms with Crippen molar-refractivity contribution in [2.75, 3.05) is 32.4 Å². The Balaban J connectivity index is 2.72. The summed E-state index contributed by atoms with van der Waals surface area (Å²) in [7, 11) is -3.40. The third kappa shape index (κ3) is 6.59. The van der Waals surface area contributed by atoms with Gasteiger partial charge in [0.2, 0.25) is 15.9 Å². The number of sulfonamides is 1. The molecule has 0 aliphatic heterocycles. The van der Waals surface area contributed by atoms with Crippen molar-refractivity contribution in [1.82, 2.24) is 9.21 Å². The third-order valence-corrected chi connectivity index (χ3v) is 5.70. The molecule has 0 unspecified atom stereocenters. The van der Waals surface area contributed by atoms with Gasteiger partial charge in [-0.1, -0.05) is 29.3 Å². The van der Waals surface area contributed by atoms with Crippen LogP contribution in [0.15, 0.2) is 18.2 Å². The van der Waals surface area contributed by atoms with Crippen LogP contribution in [0.5, 0.6) is 0 Å². The molecule has 0 radical (unpaired) electrons. The van der Waals surface area contributed by atoms with E-state index in [4.69, 9.17) is 23.2 Å². The highest BCUT2D eigenvalue weighted by molar-refractivity contribution is 7.88. The van der Waals surface area contributed by atoms with Gasteiger partial charge in [-0.15, -0.1) is 0 Å². The lowest BCUT2D eigenvalue weighted by molar-refractivity contribution is -0.130. The molecule has 0 aromatic heterocycles. The van der Waals surface area contributed by atoms with E-state index in [0.29, 0.717) is 29.6 Å². The lowest BCUT2D eigenvalue weighted by Gasteiger charge is -2.23. The fourth-order valence-electron chi connectivity index (χ4n) is 2.37. The first kappa shape index (κ1) is 21.2. The van der Waals surface area contributed by atoms with Gasteiger partial charge in [0.25, 0.3) is 0 Å². The maximum absolute atomic E-state index is 12.1. The Bertz CT molecular complexity index is 661. The van der Waals surface area contributed by atoms with E-state index in [1.165, 1.54) is 4.31 Å². The summed E-state index contributed by atoms with van der Waals surface area (Å²) in [5.74, 6) is -0.0434. The molecule has 1 amide bonds. The second-order valence-corrected chi connectivity index (χ2v) is 8.29. The largest absolute Gasteiger partial charge is 0.343 e. The zero-order valence-electron chi connectivity index (χ0n) is 14.3. The van der Waals surface area contributed by atoms with Crippen molar-refractivity contribution in [2.24, 2.45) is 0 Å². The topological polar surface area (TPSA) is 57.7 Å². The average molecular weight is 395 g/mol. The minimum atomic E-state index is -3.40. The number of nitrogens with zero attached hydrogens (tertiary/aromatic N) is 2. The number of halogens is 2. The van der Waals surface area contributed by atoms with Gasteiger partial charge in [0, 0.05) is 42.6 Å². The molecule has 5 nitrogen and oxygen atoms in total. The van der Waals surface area contributed by atoms with Crippen molar-refractivity contribution in [2.45, 2.75) is 26.7 Å². The van der Waals surface area contributed by atoms with E-state index in [1.807, 2.05) is 13.8 Å². The number of benzene rings is 1. The molecule has 0 aliphatic carbocycles. The quantitative estimate of drug-likeness (QED) is 0.646. The molecule has 136 valence electrons. The third-order valence-electron chi connectivity index (χ3n) is 3.81. The molecule has 0 saturated heterocycles. The van der Waals surface area contributed by atoms with Gasteiger partial charge in [-0.25, -0.2) is 12.7 Å². The monoisotopic (exact) mass is 394 g/mol. The number of hydrogen-bond donors (Lipinski definition) is 0. The smallest absolute Gasteiger partial charge is 0.223 e. The van der Waals surface area contributed by atoms with E-state index in [0.717, 1.165) is 11.8 Å². The van der Waals surface area contributed by atoms with Crippen molar-refractivity contribution in [3.63, 3.8) is 0 Å². The molecule has 1 rings (SSSR count). The fraction of sp³-hybridized carbons (Fsp3) is 0.562. The molecule has 1 aromatic carbocycles. The number of hydrogen-bond acceptors (Lipinski definition) is 3. The molecule has 0 aliphatic rings. The van der Waals surface area contributed by atoms with Crippen LogP contribution in [0.25, 0.3) is 0 Å². The molecular formula is C16H24Cl2N2O3S. The minimum absolute atomic E-state index is 0.0434. The van der Waals surface area contributed by atoms with Gasteiger partial charge in [0.15, 0.2) is 0 Å². The van der Waals surface area contributed by atoms with Crippen LogP contribution in [-0.4, -0.2) is 56.0 Å². The van der Waals surface area contributed by atoms with Gasteiger partial charge in [0.1, 0.15) is 0 Å². The molecule has 0 fully saturated rings. The predicted octanol–water partition coefficient (Wildman–Crippen LogP) is 3.06. The molecule has 0 saturated carbocycles. The van der Waals surface area contributed by atoms with E-state index >= 15 is 0 Å². The second kappa shape index (κ2) is 9.61. The summed E-state index contributed by atoms with van der Waals surface area (Å²) in [6, 6.07) is 5.14. The number of amides is 1. The van der Waals surface area contributed by atoms with Gasteiger partial charge in [-0.3, -0.25) is 4.79 Å². The molecule has 0 atom stereocenters. The summed E-state index contributed by atoms with van der Waals surface area (Å²) in [5, 5.41) is 1.05. The number of carbonyl (C=O) groups is 1. The number of rotatable bonds is 9. The molecule has 8 heteroatoms. The van der Waals surface area contributed by atoms with E-state index in [2.05, 4.69) is 0 Å². The lowest BCUT2D eigenvalue weighted by atomic mass is 10.1. The Morgan fingerprint density at radius 2 is 1.75 bits per heavy atom. The normalized spacial score (nSPS) is 11.8. The van der Waals surface area contributed by atoms with Gasteiger partial charge in [0.05, 0.1) is 6.26 Å².